The number of fused-ring (bicyclic) bond motifs is 2. The van der Waals surface area contributed by atoms with Crippen molar-refractivity contribution in [1.82, 2.24) is 29.5 Å². The van der Waals surface area contributed by atoms with Crippen molar-refractivity contribution in [2.75, 3.05) is 31.2 Å². The Hall–Kier alpha value is -4.31. The number of benzene rings is 2. The summed E-state index contributed by atoms with van der Waals surface area (Å²) in [5.41, 5.74) is 3.99. The summed E-state index contributed by atoms with van der Waals surface area (Å²) in [6.45, 7) is 2.97. The van der Waals surface area contributed by atoms with Gasteiger partial charge >= 0.3 is 0 Å². The number of hydrogen-bond acceptors (Lipinski definition) is 8. The lowest BCUT2D eigenvalue weighted by atomic mass is 9.93. The Labute approximate surface area is 199 Å². The van der Waals surface area contributed by atoms with Crippen LogP contribution < -0.4 is 4.90 Å². The van der Waals surface area contributed by atoms with E-state index < -0.39 is 11.7 Å². The Bertz CT molecular complexity index is 1550. The third-order valence-corrected chi connectivity index (χ3v) is 6.26. The molecule has 0 amide bonds. The lowest BCUT2D eigenvalue weighted by Gasteiger charge is -2.29. The summed E-state index contributed by atoms with van der Waals surface area (Å²) in [4.78, 5) is 31.8. The topological polar surface area (TPSA) is 98.4 Å². The molecule has 1 aliphatic rings. The molecule has 0 saturated carbocycles. The van der Waals surface area contributed by atoms with Crippen molar-refractivity contribution in [1.29, 1.82) is 0 Å². The van der Waals surface area contributed by atoms with Gasteiger partial charge in [0.2, 0.25) is 0 Å². The normalized spacial score (nSPS) is 14.9. The number of carbonyl (C=O) groups excluding carboxylic acids is 1. The maximum atomic E-state index is 15.1. The first kappa shape index (κ1) is 21.2. The second-order valence-corrected chi connectivity index (χ2v) is 8.22. The molecule has 0 spiro atoms. The van der Waals surface area contributed by atoms with Gasteiger partial charge in [0.15, 0.2) is 5.65 Å². The molecule has 5 aromatic rings. The number of ether oxygens (including phenoxy) is 1. The maximum absolute atomic E-state index is 15.1. The fourth-order valence-corrected chi connectivity index (χ4v) is 4.49. The molecule has 0 bridgehead atoms. The van der Waals surface area contributed by atoms with E-state index in [1.165, 1.54) is 18.7 Å². The SMILES string of the molecule is O=CC(c1ccc(F)c(-c2ncnc3cc(N4CCOCC4)ccc23)c1)c1nccn2ncnc12. The molecule has 1 saturated heterocycles. The minimum atomic E-state index is -0.747. The number of rotatable bonds is 5. The van der Waals surface area contributed by atoms with E-state index in [0.717, 1.165) is 30.4 Å². The van der Waals surface area contributed by atoms with Crippen molar-refractivity contribution in [3.63, 3.8) is 0 Å². The molecule has 9 nitrogen and oxygen atoms in total. The Balaban J connectivity index is 1.44. The monoisotopic (exact) mass is 469 g/mol. The predicted octanol–water partition coefficient (Wildman–Crippen LogP) is 3.04. The van der Waals surface area contributed by atoms with Gasteiger partial charge < -0.3 is 14.4 Å². The van der Waals surface area contributed by atoms with Crippen LogP contribution in [-0.2, 0) is 9.53 Å². The molecule has 0 radical (unpaired) electrons. The van der Waals surface area contributed by atoms with Gasteiger partial charge in [0.25, 0.3) is 0 Å². The quantitative estimate of drug-likeness (QED) is 0.362. The van der Waals surface area contributed by atoms with E-state index in [0.29, 0.717) is 41.3 Å². The molecule has 1 unspecified atom stereocenters. The first-order valence-electron chi connectivity index (χ1n) is 11.2. The van der Waals surface area contributed by atoms with E-state index in [-0.39, 0.29) is 5.56 Å². The minimum absolute atomic E-state index is 0.286. The zero-order valence-corrected chi connectivity index (χ0v) is 18.6. The number of aromatic nitrogens is 6. The number of hydrogen-bond donors (Lipinski definition) is 0. The van der Waals surface area contributed by atoms with Crippen molar-refractivity contribution in [3.05, 3.63) is 78.5 Å². The molecule has 0 N–H and O–H groups in total. The number of anilines is 1. The summed E-state index contributed by atoms with van der Waals surface area (Å²) in [5.74, 6) is -1.19. The van der Waals surface area contributed by atoms with Crippen LogP contribution in [0.3, 0.4) is 0 Å². The minimum Gasteiger partial charge on any atom is -0.378 e. The highest BCUT2D eigenvalue weighted by Crippen LogP contribution is 2.33. The van der Waals surface area contributed by atoms with Crippen LogP contribution in [0.1, 0.15) is 17.2 Å². The number of aldehydes is 1. The first-order valence-corrected chi connectivity index (χ1v) is 11.2. The summed E-state index contributed by atoms with van der Waals surface area (Å²) in [5, 5.41) is 4.83. The van der Waals surface area contributed by atoms with E-state index in [1.807, 2.05) is 18.2 Å². The van der Waals surface area contributed by atoms with Crippen LogP contribution in [0.5, 0.6) is 0 Å². The summed E-state index contributed by atoms with van der Waals surface area (Å²) < 4.78 is 22.1. The summed E-state index contributed by atoms with van der Waals surface area (Å²) >= 11 is 0. The van der Waals surface area contributed by atoms with Crippen LogP contribution in [0.2, 0.25) is 0 Å². The highest BCUT2D eigenvalue weighted by Gasteiger charge is 2.22. The smallest absolute Gasteiger partial charge is 0.177 e. The number of nitrogens with zero attached hydrogens (tertiary/aromatic N) is 7. The van der Waals surface area contributed by atoms with Gasteiger partial charge in [-0.25, -0.2) is 23.9 Å². The van der Waals surface area contributed by atoms with E-state index >= 15 is 4.39 Å². The average molecular weight is 469 g/mol. The van der Waals surface area contributed by atoms with Crippen molar-refractivity contribution in [2.45, 2.75) is 5.92 Å². The van der Waals surface area contributed by atoms with Gasteiger partial charge in [0, 0.05) is 42.1 Å². The molecule has 35 heavy (non-hydrogen) atoms. The number of carbonyl (C=O) groups is 1. The summed E-state index contributed by atoms with van der Waals surface area (Å²) in [6.07, 6.45) is 6.82. The summed E-state index contributed by atoms with van der Waals surface area (Å²) in [6, 6.07) is 10.5. The van der Waals surface area contributed by atoms with Gasteiger partial charge in [0.05, 0.1) is 36.0 Å². The second-order valence-electron chi connectivity index (χ2n) is 8.22. The third kappa shape index (κ3) is 3.77. The highest BCUT2D eigenvalue weighted by molar-refractivity contribution is 5.94. The van der Waals surface area contributed by atoms with E-state index in [2.05, 4.69) is 29.9 Å². The van der Waals surface area contributed by atoms with Crippen molar-refractivity contribution in [2.24, 2.45) is 0 Å². The van der Waals surface area contributed by atoms with E-state index in [9.17, 15) is 4.79 Å². The predicted molar refractivity (Wildman–Crippen MR) is 127 cm³/mol. The molecule has 1 atom stereocenters. The van der Waals surface area contributed by atoms with Crippen molar-refractivity contribution < 1.29 is 13.9 Å². The molecule has 174 valence electrons. The van der Waals surface area contributed by atoms with Crippen LogP contribution in [-0.4, -0.2) is 62.1 Å². The molecule has 2 aromatic carbocycles. The molecule has 1 fully saturated rings. The lowest BCUT2D eigenvalue weighted by molar-refractivity contribution is -0.108. The summed E-state index contributed by atoms with van der Waals surface area (Å²) in [7, 11) is 0. The zero-order chi connectivity index (χ0) is 23.8. The van der Waals surface area contributed by atoms with Crippen LogP contribution in [0.4, 0.5) is 10.1 Å². The molecule has 3 aromatic heterocycles. The lowest BCUT2D eigenvalue weighted by Crippen LogP contribution is -2.36. The van der Waals surface area contributed by atoms with Crippen LogP contribution in [0.15, 0.2) is 61.4 Å². The molecule has 6 rings (SSSR count). The van der Waals surface area contributed by atoms with E-state index in [1.54, 1.807) is 29.0 Å². The second kappa shape index (κ2) is 8.80. The first-order chi connectivity index (χ1) is 17.2. The Morgan fingerprint density at radius 3 is 2.74 bits per heavy atom. The molecule has 10 heteroatoms. The Morgan fingerprint density at radius 2 is 1.89 bits per heavy atom. The van der Waals surface area contributed by atoms with Gasteiger partial charge in [-0.1, -0.05) is 6.07 Å². The zero-order valence-electron chi connectivity index (χ0n) is 18.6. The van der Waals surface area contributed by atoms with Gasteiger partial charge in [-0.3, -0.25) is 4.98 Å². The molecular formula is C25H20FN7O2. The largest absolute Gasteiger partial charge is 0.378 e. The molecule has 0 aliphatic carbocycles. The fourth-order valence-electron chi connectivity index (χ4n) is 4.49. The average Bonchev–Trinajstić information content (AvgIpc) is 3.40. The van der Waals surface area contributed by atoms with E-state index in [4.69, 9.17) is 4.74 Å². The van der Waals surface area contributed by atoms with Crippen LogP contribution in [0, 0.1) is 5.82 Å². The molecule has 1 aliphatic heterocycles. The number of halogens is 1. The van der Waals surface area contributed by atoms with Gasteiger partial charge in [-0.05, 0) is 35.9 Å². The molecule has 4 heterocycles. The Morgan fingerprint density at radius 1 is 1.00 bits per heavy atom. The van der Waals surface area contributed by atoms with Crippen LogP contribution in [0.25, 0.3) is 27.8 Å². The maximum Gasteiger partial charge on any atom is 0.177 e. The van der Waals surface area contributed by atoms with Crippen LogP contribution >= 0.6 is 0 Å². The highest BCUT2D eigenvalue weighted by atomic mass is 19.1. The fraction of sp³-hybridized carbons (Fsp3) is 0.200. The Kier molecular flexibility index (Phi) is 5.34. The van der Waals surface area contributed by atoms with Crippen molar-refractivity contribution >= 4 is 28.5 Å². The van der Waals surface area contributed by atoms with Gasteiger partial charge in [0.1, 0.15) is 24.8 Å². The standard InChI is InChI=1S/C25H20FN7O2/c26-21-4-1-16(20(13-34)24-25-30-15-31-33(25)6-5-27-24)11-19(21)23-18-3-2-17(12-22(18)28-14-29-23)32-7-9-35-10-8-32/h1-6,11-15,20H,7-10H2. The van der Waals surface area contributed by atoms with Crippen molar-refractivity contribution in [3.8, 4) is 11.3 Å². The third-order valence-electron chi connectivity index (χ3n) is 6.26. The van der Waals surface area contributed by atoms with Gasteiger partial charge in [-0.15, -0.1) is 0 Å². The molecular weight excluding hydrogens is 449 g/mol. The van der Waals surface area contributed by atoms with Gasteiger partial charge in [-0.2, -0.15) is 5.10 Å². The number of morpholine rings is 1.